The Morgan fingerprint density at radius 2 is 1.48 bits per heavy atom. The summed E-state index contributed by atoms with van der Waals surface area (Å²) in [6.07, 6.45) is 2.07. The van der Waals surface area contributed by atoms with Crippen LogP contribution in [0.25, 0.3) is 0 Å². The van der Waals surface area contributed by atoms with Crippen LogP contribution < -0.4 is 0 Å². The molecule has 0 aliphatic heterocycles. The number of phenolic OH excluding ortho intramolecular Hbond substituents is 2. The summed E-state index contributed by atoms with van der Waals surface area (Å²) in [5.74, 6) is 0.0748. The summed E-state index contributed by atoms with van der Waals surface area (Å²) < 4.78 is 5.11. The number of aromatic hydroxyl groups is 2. The fourth-order valence-corrected chi connectivity index (χ4v) is 3.73. The van der Waals surface area contributed by atoms with E-state index in [1.807, 2.05) is 31.2 Å². The molecule has 2 rings (SSSR count). The van der Waals surface area contributed by atoms with Crippen LogP contribution in [-0.4, -0.2) is 22.8 Å². The Hall–Kier alpha value is -2.75. The molecule has 4 heteroatoms. The van der Waals surface area contributed by atoms with Crippen molar-refractivity contribution in [2.45, 2.75) is 72.1 Å². The monoisotopic (exact) mass is 424 g/mol. The van der Waals surface area contributed by atoms with Gasteiger partial charge in [-0.1, -0.05) is 78.0 Å². The third kappa shape index (κ3) is 6.13. The maximum atomic E-state index is 11.4. The molecule has 0 aromatic heterocycles. The standard InChI is InChI=1S/C27H36O4/c1-9-23(28)31-11-10-19-14-18(16-22(24(19)29)27(6,7)8)15-20-12-17(2)13-21(25(20)30)26(3,4)5/h9,12-14,16,29-30H,1,10-11,15H2,2-8H3. The Bertz CT molecular complexity index is 972. The minimum Gasteiger partial charge on any atom is -0.507 e. The van der Waals surface area contributed by atoms with E-state index >= 15 is 0 Å². The number of rotatable bonds is 6. The lowest BCUT2D eigenvalue weighted by molar-refractivity contribution is -0.137. The molecular weight excluding hydrogens is 388 g/mol. The highest BCUT2D eigenvalue weighted by molar-refractivity contribution is 5.81. The summed E-state index contributed by atoms with van der Waals surface area (Å²) in [5, 5.41) is 21.9. The molecule has 0 aliphatic carbocycles. The molecule has 168 valence electrons. The summed E-state index contributed by atoms with van der Waals surface area (Å²) in [4.78, 5) is 11.4. The average molecular weight is 425 g/mol. The van der Waals surface area contributed by atoms with Crippen LogP contribution in [0.2, 0.25) is 0 Å². The second-order valence-electron chi connectivity index (χ2n) is 10.3. The highest BCUT2D eigenvalue weighted by atomic mass is 16.5. The molecular formula is C27H36O4. The zero-order valence-corrected chi connectivity index (χ0v) is 19.9. The first kappa shape index (κ1) is 24.5. The fourth-order valence-electron chi connectivity index (χ4n) is 3.73. The number of carbonyl (C=O) groups excluding carboxylic acids is 1. The minimum absolute atomic E-state index is 0.162. The molecule has 2 N–H and O–H groups in total. The molecule has 0 unspecified atom stereocenters. The molecule has 2 aromatic rings. The van der Waals surface area contributed by atoms with Crippen LogP contribution in [0.3, 0.4) is 0 Å². The summed E-state index contributed by atoms with van der Waals surface area (Å²) >= 11 is 0. The molecule has 4 nitrogen and oxygen atoms in total. The van der Waals surface area contributed by atoms with E-state index in [1.165, 1.54) is 0 Å². The summed E-state index contributed by atoms with van der Waals surface area (Å²) in [7, 11) is 0. The van der Waals surface area contributed by atoms with Crippen molar-refractivity contribution in [2.75, 3.05) is 6.61 Å². The van der Waals surface area contributed by atoms with E-state index in [0.717, 1.165) is 39.5 Å². The first-order valence-corrected chi connectivity index (χ1v) is 10.7. The Kier molecular flexibility index (Phi) is 7.25. The van der Waals surface area contributed by atoms with Gasteiger partial charge in [0.15, 0.2) is 0 Å². The molecule has 2 aromatic carbocycles. The number of phenols is 2. The van der Waals surface area contributed by atoms with Gasteiger partial charge < -0.3 is 14.9 Å². The normalized spacial score (nSPS) is 12.0. The Morgan fingerprint density at radius 1 is 0.935 bits per heavy atom. The van der Waals surface area contributed by atoms with Crippen LogP contribution >= 0.6 is 0 Å². The van der Waals surface area contributed by atoms with E-state index in [1.54, 1.807) is 0 Å². The maximum absolute atomic E-state index is 11.4. The number of aryl methyl sites for hydroxylation is 1. The Labute approximate surface area is 186 Å². The van der Waals surface area contributed by atoms with E-state index in [4.69, 9.17) is 4.74 Å². The zero-order chi connectivity index (χ0) is 23.6. The number of esters is 1. The summed E-state index contributed by atoms with van der Waals surface area (Å²) in [6, 6.07) is 7.99. The molecule has 0 radical (unpaired) electrons. The van der Waals surface area contributed by atoms with Crippen molar-refractivity contribution < 1.29 is 19.7 Å². The molecule has 0 fully saturated rings. The average Bonchev–Trinajstić information content (AvgIpc) is 2.64. The topological polar surface area (TPSA) is 66.8 Å². The first-order valence-electron chi connectivity index (χ1n) is 10.7. The van der Waals surface area contributed by atoms with Gasteiger partial charge >= 0.3 is 5.97 Å². The van der Waals surface area contributed by atoms with Crippen molar-refractivity contribution in [3.8, 4) is 11.5 Å². The van der Waals surface area contributed by atoms with Crippen molar-refractivity contribution in [2.24, 2.45) is 0 Å². The SMILES string of the molecule is C=CC(=O)OCCc1cc(Cc2cc(C)cc(C(C)(C)C)c2O)cc(C(C)(C)C)c1O. The van der Waals surface area contributed by atoms with Gasteiger partial charge in [-0.15, -0.1) is 0 Å². The maximum Gasteiger partial charge on any atom is 0.330 e. The van der Waals surface area contributed by atoms with Crippen molar-refractivity contribution >= 4 is 5.97 Å². The highest BCUT2D eigenvalue weighted by Gasteiger charge is 2.24. The van der Waals surface area contributed by atoms with Gasteiger partial charge in [-0.25, -0.2) is 4.79 Å². The van der Waals surface area contributed by atoms with Crippen molar-refractivity contribution in [1.29, 1.82) is 0 Å². The molecule has 0 spiro atoms. The lowest BCUT2D eigenvalue weighted by Gasteiger charge is -2.25. The summed E-state index contributed by atoms with van der Waals surface area (Å²) in [6.45, 7) is 18.0. The molecule has 0 saturated carbocycles. The summed E-state index contributed by atoms with van der Waals surface area (Å²) in [5.41, 5.74) is 5.00. The van der Waals surface area contributed by atoms with E-state index < -0.39 is 5.97 Å². The lowest BCUT2D eigenvalue weighted by atomic mass is 9.81. The van der Waals surface area contributed by atoms with Crippen LogP contribution in [0.4, 0.5) is 0 Å². The van der Waals surface area contributed by atoms with Crippen molar-refractivity contribution in [1.82, 2.24) is 0 Å². The van der Waals surface area contributed by atoms with Crippen LogP contribution in [0.15, 0.2) is 36.9 Å². The molecule has 31 heavy (non-hydrogen) atoms. The molecule has 0 heterocycles. The molecule has 0 saturated heterocycles. The predicted molar refractivity (Wildman–Crippen MR) is 126 cm³/mol. The minimum atomic E-state index is -0.480. The molecule has 0 bridgehead atoms. The zero-order valence-electron chi connectivity index (χ0n) is 19.9. The van der Waals surface area contributed by atoms with Gasteiger partial charge in [-0.05, 0) is 45.6 Å². The first-order chi connectivity index (χ1) is 14.2. The van der Waals surface area contributed by atoms with Crippen LogP contribution in [0.1, 0.15) is 74.9 Å². The van der Waals surface area contributed by atoms with Crippen LogP contribution in [0, 0.1) is 6.92 Å². The fraction of sp³-hybridized carbons (Fsp3) is 0.444. The number of ether oxygens (including phenoxy) is 1. The van der Waals surface area contributed by atoms with Gasteiger partial charge in [0, 0.05) is 18.9 Å². The largest absolute Gasteiger partial charge is 0.507 e. The van der Waals surface area contributed by atoms with E-state index in [9.17, 15) is 15.0 Å². The molecule has 0 amide bonds. The number of carbonyl (C=O) groups is 1. The van der Waals surface area contributed by atoms with E-state index in [0.29, 0.717) is 18.6 Å². The number of hydrogen-bond donors (Lipinski definition) is 2. The van der Waals surface area contributed by atoms with Gasteiger partial charge in [0.25, 0.3) is 0 Å². The predicted octanol–water partition coefficient (Wildman–Crippen LogP) is 5.86. The van der Waals surface area contributed by atoms with Crippen molar-refractivity contribution in [3.63, 3.8) is 0 Å². The second-order valence-corrected chi connectivity index (χ2v) is 10.3. The number of hydrogen-bond acceptors (Lipinski definition) is 4. The third-order valence-corrected chi connectivity index (χ3v) is 5.37. The Morgan fingerprint density at radius 3 is 2.03 bits per heavy atom. The number of benzene rings is 2. The highest BCUT2D eigenvalue weighted by Crippen LogP contribution is 2.38. The van der Waals surface area contributed by atoms with Gasteiger partial charge in [0.05, 0.1) is 6.61 Å². The van der Waals surface area contributed by atoms with Crippen LogP contribution in [-0.2, 0) is 33.2 Å². The second kappa shape index (κ2) is 9.17. The lowest BCUT2D eigenvalue weighted by Crippen LogP contribution is -2.14. The van der Waals surface area contributed by atoms with Gasteiger partial charge in [-0.3, -0.25) is 0 Å². The van der Waals surface area contributed by atoms with Crippen molar-refractivity contribution in [3.05, 3.63) is 70.3 Å². The van der Waals surface area contributed by atoms with E-state index in [2.05, 4.69) is 48.1 Å². The van der Waals surface area contributed by atoms with Gasteiger partial charge in [0.2, 0.25) is 0 Å². The Balaban J connectivity index is 2.49. The molecule has 0 atom stereocenters. The van der Waals surface area contributed by atoms with Crippen LogP contribution in [0.5, 0.6) is 11.5 Å². The quantitative estimate of drug-likeness (QED) is 0.450. The van der Waals surface area contributed by atoms with E-state index in [-0.39, 0.29) is 23.2 Å². The smallest absolute Gasteiger partial charge is 0.330 e. The third-order valence-electron chi connectivity index (χ3n) is 5.37. The van der Waals surface area contributed by atoms with Gasteiger partial charge in [0.1, 0.15) is 11.5 Å². The molecule has 0 aliphatic rings. The van der Waals surface area contributed by atoms with Gasteiger partial charge in [-0.2, -0.15) is 0 Å².